The van der Waals surface area contributed by atoms with Crippen molar-refractivity contribution in [3.8, 4) is 0 Å². The molecule has 4 heteroatoms. The monoisotopic (exact) mass is 177 g/mol. The van der Waals surface area contributed by atoms with Crippen molar-refractivity contribution in [3.05, 3.63) is 11.5 Å². The van der Waals surface area contributed by atoms with Gasteiger partial charge in [-0.25, -0.2) is 0 Å². The van der Waals surface area contributed by atoms with E-state index >= 15 is 0 Å². The van der Waals surface area contributed by atoms with E-state index in [0.29, 0.717) is 11.8 Å². The summed E-state index contributed by atoms with van der Waals surface area (Å²) < 4.78 is 30.2. The highest BCUT2D eigenvalue weighted by Gasteiger charge is 2.07. The third-order valence-corrected chi connectivity index (χ3v) is 1.52. The Labute approximate surface area is 67.9 Å². The van der Waals surface area contributed by atoms with Crippen LogP contribution in [0.1, 0.15) is 27.2 Å². The summed E-state index contributed by atoms with van der Waals surface area (Å²) in [5.41, 5.74) is 0.0290. The lowest BCUT2D eigenvalue weighted by atomic mass is 9.93. The molecule has 0 aliphatic heterocycles. The van der Waals surface area contributed by atoms with E-state index in [-0.39, 0.29) is 5.41 Å². The van der Waals surface area contributed by atoms with Crippen LogP contribution in [-0.4, -0.2) is 8.42 Å². The minimum atomic E-state index is -4.18. The molecule has 0 fully saturated rings. The summed E-state index contributed by atoms with van der Waals surface area (Å²) in [7, 11) is -4.18. The van der Waals surface area contributed by atoms with Crippen molar-refractivity contribution >= 4 is 10.1 Å². The number of hydrogen-bond acceptors (Lipinski definition) is 2. The maximum absolute atomic E-state index is 10.1. The third kappa shape index (κ3) is 9.65. The smallest absolute Gasteiger partial charge is 0.192 e. The summed E-state index contributed by atoms with van der Waals surface area (Å²) in [6.07, 6.45) is 1.98. The molecule has 0 rings (SSSR count). The zero-order chi connectivity index (χ0) is 9.12. The van der Waals surface area contributed by atoms with Crippen LogP contribution < -0.4 is 0 Å². The molecule has 0 amide bonds. The van der Waals surface area contributed by atoms with Crippen molar-refractivity contribution in [1.82, 2.24) is 0 Å². The van der Waals surface area contributed by atoms with Crippen molar-refractivity contribution in [3.63, 3.8) is 0 Å². The van der Waals surface area contributed by atoms with Gasteiger partial charge in [0.25, 0.3) is 0 Å². The highest BCUT2D eigenvalue weighted by Crippen LogP contribution is 2.18. The number of hydrogen-bond donors (Lipinski definition) is 0. The Morgan fingerprint density at radius 3 is 2.00 bits per heavy atom. The van der Waals surface area contributed by atoms with Crippen LogP contribution in [0, 0.1) is 5.41 Å². The normalized spacial score (nSPS) is 14.2. The molecule has 0 N–H and O–H groups in total. The first-order valence-corrected chi connectivity index (χ1v) is 4.80. The van der Waals surface area contributed by atoms with Crippen LogP contribution in [0.2, 0.25) is 0 Å². The molecule has 65 valence electrons. The molecular weight excluding hydrogens is 164 g/mol. The summed E-state index contributed by atoms with van der Waals surface area (Å²) >= 11 is 0. The molecule has 0 unspecified atom stereocenters. The number of rotatable bonds is 2. The Kier molecular flexibility index (Phi) is 3.26. The second-order valence-electron chi connectivity index (χ2n) is 3.63. The van der Waals surface area contributed by atoms with Crippen LogP contribution in [0.3, 0.4) is 0 Å². The molecule has 1 radical (unpaired) electrons. The molecule has 0 saturated heterocycles. The average molecular weight is 177 g/mol. The van der Waals surface area contributed by atoms with Crippen LogP contribution in [0.5, 0.6) is 0 Å². The minimum absolute atomic E-state index is 0.0290. The van der Waals surface area contributed by atoms with Gasteiger partial charge in [-0.1, -0.05) is 31.4 Å². The number of allylic oxidation sites excluding steroid dienone is 1. The van der Waals surface area contributed by atoms with Gasteiger partial charge in [0, 0.05) is 0 Å². The van der Waals surface area contributed by atoms with E-state index in [2.05, 4.69) is 0 Å². The van der Waals surface area contributed by atoms with E-state index in [1.165, 1.54) is 6.08 Å². The minimum Gasteiger partial charge on any atom is -0.192 e. The van der Waals surface area contributed by atoms with Gasteiger partial charge in [-0.3, -0.25) is 0 Å². The van der Waals surface area contributed by atoms with Gasteiger partial charge in [0.05, 0.1) is 5.41 Å². The summed E-state index contributed by atoms with van der Waals surface area (Å²) in [5, 5.41) is 0.707. The topological polar surface area (TPSA) is 54.0 Å². The molecule has 0 aromatic rings. The second kappa shape index (κ2) is 3.36. The average Bonchev–Trinajstić information content (AvgIpc) is 1.55. The molecule has 11 heavy (non-hydrogen) atoms. The van der Waals surface area contributed by atoms with Gasteiger partial charge in [0.15, 0.2) is 0 Å². The summed E-state index contributed by atoms with van der Waals surface area (Å²) in [6.45, 7) is 5.90. The lowest BCUT2D eigenvalue weighted by molar-refractivity contribution is 0.417. The van der Waals surface area contributed by atoms with Crippen LogP contribution in [-0.2, 0) is 14.7 Å². The van der Waals surface area contributed by atoms with Gasteiger partial charge >= 0.3 is 10.1 Å². The maximum Gasteiger partial charge on any atom is 0.317 e. The fourth-order valence-electron chi connectivity index (χ4n) is 0.520. The Bertz CT molecular complexity index is 231. The van der Waals surface area contributed by atoms with Crippen LogP contribution in [0.25, 0.3) is 0 Å². The van der Waals surface area contributed by atoms with Gasteiger partial charge in [0.1, 0.15) is 0 Å². The standard InChI is InChI=1S/C7H13O3S/c1-7(2,3)5-4-6-11(8,9)10/h4,6H,5H2,1-3H3. The molecule has 0 aliphatic rings. The first-order valence-electron chi connectivity index (χ1n) is 3.33. The summed E-state index contributed by atoms with van der Waals surface area (Å²) in [4.78, 5) is 0. The fourth-order valence-corrected chi connectivity index (χ4v) is 0.851. The van der Waals surface area contributed by atoms with Crippen molar-refractivity contribution in [2.75, 3.05) is 0 Å². The summed E-state index contributed by atoms with van der Waals surface area (Å²) in [5.74, 6) is 0. The highest BCUT2D eigenvalue weighted by atomic mass is 32.2. The molecule has 0 aromatic carbocycles. The van der Waals surface area contributed by atoms with E-state index in [4.69, 9.17) is 0 Å². The Balaban J connectivity index is 4.01. The van der Waals surface area contributed by atoms with Crippen LogP contribution in [0.15, 0.2) is 11.5 Å². The highest BCUT2D eigenvalue weighted by molar-refractivity contribution is 7.88. The quantitative estimate of drug-likeness (QED) is 0.644. The van der Waals surface area contributed by atoms with Gasteiger partial charge in [0.2, 0.25) is 0 Å². The molecule has 0 aromatic heterocycles. The third-order valence-electron chi connectivity index (χ3n) is 0.993. The Morgan fingerprint density at radius 1 is 1.27 bits per heavy atom. The molecular formula is C7H13O3S. The van der Waals surface area contributed by atoms with E-state index in [1.54, 1.807) is 0 Å². The fraction of sp³-hybridized carbons (Fsp3) is 0.714. The second-order valence-corrected chi connectivity index (χ2v) is 4.89. The van der Waals surface area contributed by atoms with Gasteiger partial charge < -0.3 is 0 Å². The molecule has 0 spiro atoms. The van der Waals surface area contributed by atoms with Crippen molar-refractivity contribution in [2.24, 2.45) is 5.41 Å². The molecule has 3 nitrogen and oxygen atoms in total. The van der Waals surface area contributed by atoms with Crippen molar-refractivity contribution in [1.29, 1.82) is 0 Å². The maximum atomic E-state index is 10.1. The zero-order valence-corrected chi connectivity index (χ0v) is 7.81. The van der Waals surface area contributed by atoms with Crippen LogP contribution in [0.4, 0.5) is 0 Å². The van der Waals surface area contributed by atoms with Gasteiger partial charge in [-0.05, 0) is 11.8 Å². The Hall–Kier alpha value is -0.350. The lowest BCUT2D eigenvalue weighted by Crippen LogP contribution is -2.02. The van der Waals surface area contributed by atoms with E-state index in [1.807, 2.05) is 20.8 Å². The molecule has 0 heterocycles. The van der Waals surface area contributed by atoms with E-state index in [0.717, 1.165) is 0 Å². The van der Waals surface area contributed by atoms with Crippen LogP contribution >= 0.6 is 0 Å². The Morgan fingerprint density at radius 2 is 1.73 bits per heavy atom. The molecule has 0 aliphatic carbocycles. The molecule has 0 atom stereocenters. The van der Waals surface area contributed by atoms with Gasteiger partial charge in [-0.2, -0.15) is 8.42 Å². The predicted molar refractivity (Wildman–Crippen MR) is 42.8 cm³/mol. The lowest BCUT2D eigenvalue weighted by Gasteiger charge is -2.13. The van der Waals surface area contributed by atoms with Crippen molar-refractivity contribution in [2.45, 2.75) is 27.2 Å². The SMILES string of the molecule is CC(C)(C)CC=CS([O])(=O)=O. The van der Waals surface area contributed by atoms with E-state index in [9.17, 15) is 13.0 Å². The van der Waals surface area contributed by atoms with Crippen molar-refractivity contribution < 1.29 is 13.0 Å². The molecule has 0 saturated carbocycles. The van der Waals surface area contributed by atoms with E-state index < -0.39 is 10.1 Å². The first-order chi connectivity index (χ1) is 4.71. The summed E-state index contributed by atoms with van der Waals surface area (Å²) in [6, 6.07) is 0. The molecule has 0 bridgehead atoms. The zero-order valence-electron chi connectivity index (χ0n) is 6.99. The predicted octanol–water partition coefficient (Wildman–Crippen LogP) is 1.70. The van der Waals surface area contributed by atoms with Gasteiger partial charge in [-0.15, -0.1) is 0 Å². The first kappa shape index (κ1) is 10.7. The largest absolute Gasteiger partial charge is 0.317 e.